The Labute approximate surface area is 229 Å². The Morgan fingerprint density at radius 1 is 1.18 bits per heavy atom. The summed E-state index contributed by atoms with van der Waals surface area (Å²) in [5.74, 6) is 5.85. The topological polar surface area (TPSA) is 95.0 Å². The average Bonchev–Trinajstić information content (AvgIpc) is 3.51. The van der Waals surface area contributed by atoms with E-state index in [9.17, 15) is 14.7 Å². The smallest absolute Gasteiger partial charge is 0.348 e. The Morgan fingerprint density at radius 3 is 2.55 bits per heavy atom. The van der Waals surface area contributed by atoms with E-state index in [1.807, 2.05) is 45.8 Å². The number of ether oxygens (including phenoxy) is 1. The highest BCUT2D eigenvalue weighted by Gasteiger charge is 2.29. The van der Waals surface area contributed by atoms with E-state index in [0.29, 0.717) is 28.0 Å². The van der Waals surface area contributed by atoms with Crippen molar-refractivity contribution in [2.24, 2.45) is 5.41 Å². The number of carboxylic acid groups (broad SMARTS) is 1. The van der Waals surface area contributed by atoms with Gasteiger partial charge >= 0.3 is 5.97 Å². The SMILES string of the molecule is CN(C)C1CCN(C(=O)c2ccnc(OC3CCC(Nc4cc(C#CC(C)(C)C)sc4C(=O)O)CC3)c2)C1. The summed E-state index contributed by atoms with van der Waals surface area (Å²) in [6.45, 7) is 7.59. The molecule has 0 radical (unpaired) electrons. The summed E-state index contributed by atoms with van der Waals surface area (Å²) in [7, 11) is 4.10. The molecule has 1 saturated heterocycles. The number of thiophene rings is 1. The fourth-order valence-corrected chi connectivity index (χ4v) is 5.63. The summed E-state index contributed by atoms with van der Waals surface area (Å²) in [6.07, 6.45) is 5.95. The maximum absolute atomic E-state index is 13.0. The van der Waals surface area contributed by atoms with Gasteiger partial charge in [-0.2, -0.15) is 0 Å². The molecule has 0 spiro atoms. The molecule has 1 saturated carbocycles. The maximum atomic E-state index is 13.0. The van der Waals surface area contributed by atoms with Gasteiger partial charge in [0, 0.05) is 48.4 Å². The van der Waals surface area contributed by atoms with Gasteiger partial charge < -0.3 is 25.0 Å². The van der Waals surface area contributed by atoms with Gasteiger partial charge in [-0.05, 0) is 79.1 Å². The number of anilines is 1. The van der Waals surface area contributed by atoms with Crippen LogP contribution in [0.3, 0.4) is 0 Å². The number of likely N-dealkylation sites (tertiary alicyclic amines) is 1. The van der Waals surface area contributed by atoms with Gasteiger partial charge in [0.15, 0.2) is 0 Å². The maximum Gasteiger partial charge on any atom is 0.348 e. The molecule has 0 aromatic carbocycles. The summed E-state index contributed by atoms with van der Waals surface area (Å²) in [6, 6.07) is 5.90. The van der Waals surface area contributed by atoms with Crippen molar-refractivity contribution >= 4 is 28.9 Å². The predicted octanol–water partition coefficient (Wildman–Crippen LogP) is 4.82. The molecule has 1 atom stereocenters. The van der Waals surface area contributed by atoms with Crippen LogP contribution in [0.1, 0.15) is 77.8 Å². The minimum absolute atomic E-state index is 0.00504. The standard InChI is InChI=1S/C29H38N4O4S/c1-29(2,3)13-10-23-17-24(26(38-23)28(35)36)31-20-6-8-22(9-7-20)37-25-16-19(11-14-30-25)27(34)33-15-12-21(18-33)32(4)5/h11,14,16-17,20-22,31H,6-9,12,15,18H2,1-5H3,(H,35,36). The van der Waals surface area contributed by atoms with Crippen LogP contribution in [0.5, 0.6) is 5.88 Å². The number of aromatic nitrogens is 1. The van der Waals surface area contributed by atoms with Gasteiger partial charge in [0.25, 0.3) is 5.91 Å². The van der Waals surface area contributed by atoms with E-state index in [0.717, 1.165) is 50.1 Å². The van der Waals surface area contributed by atoms with Crippen LogP contribution in [-0.4, -0.2) is 77.1 Å². The number of pyridine rings is 1. The molecule has 2 N–H and O–H groups in total. The van der Waals surface area contributed by atoms with Crippen molar-refractivity contribution in [1.29, 1.82) is 0 Å². The first-order valence-corrected chi connectivity index (χ1v) is 14.1. The first-order valence-electron chi connectivity index (χ1n) is 13.2. The van der Waals surface area contributed by atoms with E-state index in [1.165, 1.54) is 11.3 Å². The van der Waals surface area contributed by atoms with Crippen LogP contribution in [0.15, 0.2) is 24.4 Å². The molecule has 1 amide bonds. The molecule has 2 fully saturated rings. The molecule has 1 unspecified atom stereocenters. The number of hydrogen-bond donors (Lipinski definition) is 2. The third-order valence-electron chi connectivity index (χ3n) is 6.97. The van der Waals surface area contributed by atoms with Crippen molar-refractivity contribution in [3.8, 4) is 17.7 Å². The van der Waals surface area contributed by atoms with E-state index in [1.54, 1.807) is 18.3 Å². The Morgan fingerprint density at radius 2 is 1.92 bits per heavy atom. The Kier molecular flexibility index (Phi) is 8.64. The van der Waals surface area contributed by atoms with Crippen LogP contribution in [0.25, 0.3) is 0 Å². The zero-order chi connectivity index (χ0) is 27.4. The highest BCUT2D eigenvalue weighted by Crippen LogP contribution is 2.31. The van der Waals surface area contributed by atoms with Crippen LogP contribution in [0.4, 0.5) is 5.69 Å². The predicted molar refractivity (Wildman–Crippen MR) is 150 cm³/mol. The van der Waals surface area contributed by atoms with Gasteiger partial charge in [-0.25, -0.2) is 9.78 Å². The monoisotopic (exact) mass is 538 g/mol. The molecule has 2 aliphatic rings. The number of rotatable bonds is 7. The molecule has 3 heterocycles. The molecule has 2 aromatic heterocycles. The first kappa shape index (κ1) is 27.9. The van der Waals surface area contributed by atoms with Gasteiger partial charge in [0.1, 0.15) is 11.0 Å². The fraction of sp³-hybridized carbons (Fsp3) is 0.552. The number of nitrogens with zero attached hydrogens (tertiary/aromatic N) is 3. The van der Waals surface area contributed by atoms with Crippen molar-refractivity contribution in [1.82, 2.24) is 14.8 Å². The molecular weight excluding hydrogens is 500 g/mol. The average molecular weight is 539 g/mol. The second-order valence-corrected chi connectivity index (χ2v) is 12.5. The van der Waals surface area contributed by atoms with Crippen molar-refractivity contribution in [2.75, 3.05) is 32.5 Å². The lowest BCUT2D eigenvalue weighted by Crippen LogP contribution is -2.34. The number of aromatic carboxylic acids is 1. The number of carbonyl (C=O) groups is 2. The Bertz CT molecular complexity index is 1220. The van der Waals surface area contributed by atoms with Crippen LogP contribution in [-0.2, 0) is 0 Å². The van der Waals surface area contributed by atoms with E-state index in [-0.39, 0.29) is 23.5 Å². The van der Waals surface area contributed by atoms with Crippen LogP contribution in [0.2, 0.25) is 0 Å². The fourth-order valence-electron chi connectivity index (χ4n) is 4.82. The zero-order valence-corrected chi connectivity index (χ0v) is 23.7. The highest BCUT2D eigenvalue weighted by molar-refractivity contribution is 7.15. The van der Waals surface area contributed by atoms with Crippen molar-refractivity contribution in [2.45, 2.75) is 71.1 Å². The normalized spacial score (nSPS) is 21.6. The van der Waals surface area contributed by atoms with Crippen LogP contribution >= 0.6 is 11.3 Å². The van der Waals surface area contributed by atoms with E-state index >= 15 is 0 Å². The second-order valence-electron chi connectivity index (χ2n) is 11.4. The summed E-state index contributed by atoms with van der Waals surface area (Å²) in [4.78, 5) is 34.3. The molecular formula is C29H38N4O4S. The molecule has 38 heavy (non-hydrogen) atoms. The molecule has 2 aromatic rings. The summed E-state index contributed by atoms with van der Waals surface area (Å²) in [5.41, 5.74) is 1.09. The third-order valence-corrected chi connectivity index (χ3v) is 8.01. The quantitative estimate of drug-likeness (QED) is 0.488. The first-order chi connectivity index (χ1) is 18.0. The zero-order valence-electron chi connectivity index (χ0n) is 22.9. The largest absolute Gasteiger partial charge is 0.477 e. The Hall–Kier alpha value is -3.09. The van der Waals surface area contributed by atoms with Gasteiger partial charge in [0.2, 0.25) is 5.88 Å². The molecule has 9 heteroatoms. The van der Waals surface area contributed by atoms with Crippen molar-refractivity contribution < 1.29 is 19.4 Å². The number of amides is 1. The molecule has 0 bridgehead atoms. The van der Waals surface area contributed by atoms with Crippen LogP contribution < -0.4 is 10.1 Å². The highest BCUT2D eigenvalue weighted by atomic mass is 32.1. The number of likely N-dealkylation sites (N-methyl/N-ethyl adjacent to an activating group) is 1. The summed E-state index contributed by atoms with van der Waals surface area (Å²) in [5, 5.41) is 13.1. The lowest BCUT2D eigenvalue weighted by atomic mass is 9.92. The van der Waals surface area contributed by atoms with E-state index in [2.05, 4.69) is 27.0 Å². The number of nitrogens with one attached hydrogen (secondary N) is 1. The molecule has 1 aliphatic heterocycles. The minimum atomic E-state index is -0.940. The minimum Gasteiger partial charge on any atom is -0.477 e. The van der Waals surface area contributed by atoms with E-state index in [4.69, 9.17) is 4.74 Å². The lowest BCUT2D eigenvalue weighted by Gasteiger charge is -2.29. The van der Waals surface area contributed by atoms with Gasteiger partial charge in [-0.1, -0.05) is 11.8 Å². The lowest BCUT2D eigenvalue weighted by molar-refractivity contribution is 0.0702. The summed E-state index contributed by atoms with van der Waals surface area (Å²) < 4.78 is 6.17. The summed E-state index contributed by atoms with van der Waals surface area (Å²) >= 11 is 1.21. The second kappa shape index (κ2) is 11.7. The van der Waals surface area contributed by atoms with E-state index < -0.39 is 5.97 Å². The van der Waals surface area contributed by atoms with Gasteiger partial charge in [0.05, 0.1) is 10.6 Å². The molecule has 204 valence electrons. The van der Waals surface area contributed by atoms with Crippen molar-refractivity contribution in [3.05, 3.63) is 39.7 Å². The Balaban J connectivity index is 1.32. The molecule has 8 nitrogen and oxygen atoms in total. The number of hydrogen-bond acceptors (Lipinski definition) is 7. The number of carbonyl (C=O) groups excluding carboxylic acids is 1. The number of carboxylic acids is 1. The van der Waals surface area contributed by atoms with Crippen molar-refractivity contribution in [3.63, 3.8) is 0 Å². The molecule has 1 aliphatic carbocycles. The van der Waals surface area contributed by atoms with Gasteiger partial charge in [-0.3, -0.25) is 4.79 Å². The van der Waals surface area contributed by atoms with Gasteiger partial charge in [-0.15, -0.1) is 11.3 Å². The molecule has 4 rings (SSSR count). The van der Waals surface area contributed by atoms with Crippen LogP contribution in [0, 0.1) is 17.3 Å². The third kappa shape index (κ3) is 7.27.